The molecule has 1 aromatic rings. The van der Waals surface area contributed by atoms with Crippen LogP contribution in [0.2, 0.25) is 0 Å². The third-order valence-corrected chi connectivity index (χ3v) is 3.63. The molecule has 4 heteroatoms. The van der Waals surface area contributed by atoms with E-state index in [4.69, 9.17) is 0 Å². The number of benzene rings is 1. The van der Waals surface area contributed by atoms with E-state index in [-0.39, 0.29) is 0 Å². The monoisotopic (exact) mass is 174 g/mol. The summed E-state index contributed by atoms with van der Waals surface area (Å²) in [6.45, 7) is 4.30. The lowest BCUT2D eigenvalue weighted by Crippen LogP contribution is -2.42. The molecule has 0 saturated heterocycles. The SMILES string of the molecule is Bc1c(B)c(C)c(C)c(S)c1B. The van der Waals surface area contributed by atoms with Crippen LogP contribution in [0.15, 0.2) is 4.90 Å². The summed E-state index contributed by atoms with van der Waals surface area (Å²) in [7, 11) is 6.48. The summed E-state index contributed by atoms with van der Waals surface area (Å²) in [5, 5.41) is 0. The number of hydrogen-bond acceptors (Lipinski definition) is 1. The van der Waals surface area contributed by atoms with Crippen molar-refractivity contribution >= 4 is 52.6 Å². The van der Waals surface area contributed by atoms with Gasteiger partial charge in [0.05, 0.1) is 0 Å². The predicted molar refractivity (Wildman–Crippen MR) is 67.7 cm³/mol. The van der Waals surface area contributed by atoms with E-state index in [2.05, 4.69) is 50.0 Å². The Morgan fingerprint density at radius 3 is 1.83 bits per heavy atom. The normalized spacial score (nSPS) is 10.2. The van der Waals surface area contributed by atoms with Crippen molar-refractivity contribution in [2.45, 2.75) is 18.7 Å². The largest absolute Gasteiger partial charge is 0.144 e. The van der Waals surface area contributed by atoms with Gasteiger partial charge in [0.25, 0.3) is 0 Å². The average molecular weight is 174 g/mol. The van der Waals surface area contributed by atoms with Crippen LogP contribution in [0, 0.1) is 13.8 Å². The molecule has 0 amide bonds. The summed E-state index contributed by atoms with van der Waals surface area (Å²) in [4.78, 5) is 1.15. The van der Waals surface area contributed by atoms with E-state index in [1.807, 2.05) is 0 Å². The van der Waals surface area contributed by atoms with Crippen molar-refractivity contribution < 1.29 is 0 Å². The van der Waals surface area contributed by atoms with Gasteiger partial charge in [-0.1, -0.05) is 22.0 Å². The maximum atomic E-state index is 4.50. The first kappa shape index (κ1) is 9.85. The standard InChI is InChI=1S/C8H13B3S/c1-3-4(2)8(12)7(11)6(10)5(3)9/h12H,9-11H2,1-2H3. The van der Waals surface area contributed by atoms with Gasteiger partial charge in [0.1, 0.15) is 23.5 Å². The van der Waals surface area contributed by atoms with Crippen LogP contribution in [0.5, 0.6) is 0 Å². The molecule has 0 N–H and O–H groups in total. The third-order valence-electron chi connectivity index (χ3n) is 2.96. The van der Waals surface area contributed by atoms with E-state index in [1.165, 1.54) is 27.5 Å². The summed E-state index contributed by atoms with van der Waals surface area (Å²) in [6, 6.07) is 0. The summed E-state index contributed by atoms with van der Waals surface area (Å²) in [5.74, 6) is 0. The zero-order valence-corrected chi connectivity index (χ0v) is 9.34. The van der Waals surface area contributed by atoms with Crippen LogP contribution in [0.4, 0.5) is 0 Å². The summed E-state index contributed by atoms with van der Waals surface area (Å²) >= 11 is 4.50. The van der Waals surface area contributed by atoms with Gasteiger partial charge < -0.3 is 0 Å². The van der Waals surface area contributed by atoms with Crippen LogP contribution in [-0.2, 0) is 0 Å². The van der Waals surface area contributed by atoms with Gasteiger partial charge in [-0.15, -0.1) is 12.6 Å². The quantitative estimate of drug-likeness (QED) is 0.322. The van der Waals surface area contributed by atoms with Crippen LogP contribution in [0.25, 0.3) is 0 Å². The topological polar surface area (TPSA) is 0 Å². The van der Waals surface area contributed by atoms with Crippen molar-refractivity contribution in [2.75, 3.05) is 0 Å². The molecule has 60 valence electrons. The number of thiol groups is 1. The van der Waals surface area contributed by atoms with Gasteiger partial charge in [-0.05, 0) is 19.4 Å². The zero-order valence-electron chi connectivity index (χ0n) is 8.45. The highest BCUT2D eigenvalue weighted by atomic mass is 32.1. The summed E-state index contributed by atoms with van der Waals surface area (Å²) in [5.41, 5.74) is 6.80. The second-order valence-corrected chi connectivity index (χ2v) is 3.92. The van der Waals surface area contributed by atoms with Crippen molar-refractivity contribution in [3.63, 3.8) is 0 Å². The van der Waals surface area contributed by atoms with Gasteiger partial charge in [0, 0.05) is 4.90 Å². The van der Waals surface area contributed by atoms with Gasteiger partial charge in [-0.25, -0.2) is 0 Å². The molecule has 1 rings (SSSR count). The minimum atomic E-state index is 1.15. The van der Waals surface area contributed by atoms with E-state index in [0.717, 1.165) is 4.90 Å². The van der Waals surface area contributed by atoms with E-state index < -0.39 is 0 Å². The zero-order chi connectivity index (χ0) is 9.46. The van der Waals surface area contributed by atoms with Crippen LogP contribution in [-0.4, -0.2) is 23.5 Å². The molecule has 0 unspecified atom stereocenters. The van der Waals surface area contributed by atoms with Crippen molar-refractivity contribution in [1.29, 1.82) is 0 Å². The molecule has 0 radical (unpaired) electrons. The average Bonchev–Trinajstić information content (AvgIpc) is 2.08. The molecule has 0 bridgehead atoms. The molecule has 1 aromatic carbocycles. The number of hydrogen-bond donors (Lipinski definition) is 1. The van der Waals surface area contributed by atoms with Gasteiger partial charge in [-0.2, -0.15) is 0 Å². The fraction of sp³-hybridized carbons (Fsp3) is 0.250. The first-order valence-corrected chi connectivity index (χ1v) is 4.67. The van der Waals surface area contributed by atoms with Crippen LogP contribution in [0.3, 0.4) is 0 Å². The Hall–Kier alpha value is -0.235. The van der Waals surface area contributed by atoms with E-state index >= 15 is 0 Å². The maximum Gasteiger partial charge on any atom is 0.139 e. The first-order chi connectivity index (χ1) is 5.46. The Balaban J connectivity index is 3.60. The molecular formula is C8H13B3S. The minimum Gasteiger partial charge on any atom is -0.144 e. The van der Waals surface area contributed by atoms with Crippen molar-refractivity contribution in [3.8, 4) is 0 Å². The minimum absolute atomic E-state index is 1.15. The van der Waals surface area contributed by atoms with Crippen molar-refractivity contribution in [3.05, 3.63) is 11.1 Å². The lowest BCUT2D eigenvalue weighted by atomic mass is 9.69. The summed E-state index contributed by atoms with van der Waals surface area (Å²) < 4.78 is 0. The van der Waals surface area contributed by atoms with Gasteiger partial charge >= 0.3 is 0 Å². The van der Waals surface area contributed by atoms with E-state index in [0.29, 0.717) is 0 Å². The fourth-order valence-corrected chi connectivity index (χ4v) is 1.82. The highest BCUT2D eigenvalue weighted by Gasteiger charge is 2.07. The molecule has 0 aliphatic rings. The molecule has 0 aromatic heterocycles. The molecular weight excluding hydrogens is 161 g/mol. The van der Waals surface area contributed by atoms with Gasteiger partial charge in [-0.3, -0.25) is 0 Å². The Kier molecular flexibility index (Phi) is 2.67. The molecule has 0 atom stereocenters. The Morgan fingerprint density at radius 1 is 0.833 bits per heavy atom. The molecule has 0 heterocycles. The Morgan fingerprint density at radius 2 is 1.33 bits per heavy atom. The second kappa shape index (κ2) is 3.25. The molecule has 0 saturated carbocycles. The highest BCUT2D eigenvalue weighted by molar-refractivity contribution is 7.80. The Bertz CT molecular complexity index is 229. The first-order valence-electron chi connectivity index (χ1n) is 4.22. The molecule has 12 heavy (non-hydrogen) atoms. The highest BCUT2D eigenvalue weighted by Crippen LogP contribution is 2.10. The van der Waals surface area contributed by atoms with Crippen LogP contribution < -0.4 is 16.4 Å². The predicted octanol–water partition coefficient (Wildman–Crippen LogP) is -2.63. The van der Waals surface area contributed by atoms with Gasteiger partial charge in [0.15, 0.2) is 0 Å². The second-order valence-electron chi connectivity index (χ2n) is 3.47. The molecule has 0 fully saturated rings. The molecule has 0 aliphatic carbocycles. The van der Waals surface area contributed by atoms with Gasteiger partial charge in [0.2, 0.25) is 0 Å². The molecule has 0 nitrogen and oxygen atoms in total. The van der Waals surface area contributed by atoms with Crippen molar-refractivity contribution in [1.82, 2.24) is 0 Å². The Labute approximate surface area is 82.8 Å². The summed E-state index contributed by atoms with van der Waals surface area (Å²) in [6.07, 6.45) is 0. The fourth-order valence-electron chi connectivity index (χ4n) is 1.48. The van der Waals surface area contributed by atoms with Crippen molar-refractivity contribution in [2.24, 2.45) is 0 Å². The lowest BCUT2D eigenvalue weighted by molar-refractivity contribution is 1.28. The van der Waals surface area contributed by atoms with Crippen LogP contribution >= 0.6 is 12.6 Å². The van der Waals surface area contributed by atoms with E-state index in [1.54, 1.807) is 0 Å². The van der Waals surface area contributed by atoms with E-state index in [9.17, 15) is 0 Å². The third kappa shape index (κ3) is 1.33. The molecule has 0 spiro atoms. The molecule has 0 aliphatic heterocycles. The van der Waals surface area contributed by atoms with Crippen LogP contribution in [0.1, 0.15) is 11.1 Å². The number of rotatable bonds is 0. The maximum absolute atomic E-state index is 4.50. The smallest absolute Gasteiger partial charge is 0.139 e. The lowest BCUT2D eigenvalue weighted by Gasteiger charge is -2.15.